The number of anilines is 1. The predicted octanol–water partition coefficient (Wildman–Crippen LogP) is 2.80. The van der Waals surface area contributed by atoms with Crippen LogP contribution < -0.4 is 5.32 Å². The van der Waals surface area contributed by atoms with Crippen molar-refractivity contribution in [2.75, 3.05) is 5.32 Å². The fourth-order valence-electron chi connectivity index (χ4n) is 2.05. The number of carbonyl (C=O) groups excluding carboxylic acids is 1. The Morgan fingerprint density at radius 1 is 1.22 bits per heavy atom. The molecule has 1 aromatic carbocycles. The Labute approximate surface area is 136 Å². The molecule has 0 radical (unpaired) electrons. The van der Waals surface area contributed by atoms with E-state index in [9.17, 15) is 4.79 Å². The Hall–Kier alpha value is -2.21. The lowest BCUT2D eigenvalue weighted by atomic mass is 9.98. The number of carbonyl (C=O) groups is 1. The summed E-state index contributed by atoms with van der Waals surface area (Å²) in [7, 11) is 0. The molecular formula is C17H24N4O2. The van der Waals surface area contributed by atoms with Crippen LogP contribution in [0.15, 0.2) is 24.3 Å². The SMILES string of the molecule is CC(C)[C@H](C)c1n[nH]c([C@@H](C)C(=O)Nc2ccc(CO)cc2)n1. The van der Waals surface area contributed by atoms with Crippen molar-refractivity contribution in [2.24, 2.45) is 5.92 Å². The third kappa shape index (κ3) is 4.16. The maximum atomic E-state index is 12.3. The summed E-state index contributed by atoms with van der Waals surface area (Å²) in [6.07, 6.45) is 0. The minimum absolute atomic E-state index is 0.0144. The smallest absolute Gasteiger partial charge is 0.234 e. The van der Waals surface area contributed by atoms with Crippen LogP contribution in [0.5, 0.6) is 0 Å². The molecule has 3 N–H and O–H groups in total. The Morgan fingerprint density at radius 3 is 2.43 bits per heavy atom. The highest BCUT2D eigenvalue weighted by molar-refractivity contribution is 5.95. The van der Waals surface area contributed by atoms with Gasteiger partial charge < -0.3 is 10.4 Å². The minimum atomic E-state index is -0.423. The molecule has 1 aromatic heterocycles. The van der Waals surface area contributed by atoms with Gasteiger partial charge in [0.05, 0.1) is 12.5 Å². The molecule has 2 rings (SSSR count). The monoisotopic (exact) mass is 316 g/mol. The molecule has 0 bridgehead atoms. The van der Waals surface area contributed by atoms with Gasteiger partial charge in [-0.1, -0.05) is 32.9 Å². The molecule has 0 spiro atoms. The van der Waals surface area contributed by atoms with Gasteiger partial charge in [-0.15, -0.1) is 0 Å². The number of aromatic amines is 1. The standard InChI is InChI=1S/C17H24N4O2/c1-10(2)11(3)15-19-16(21-20-15)12(4)17(23)18-14-7-5-13(9-22)6-8-14/h5-8,10-12,22H,9H2,1-4H3,(H,18,23)(H,19,20,21)/t11-,12+/m0/s1. The maximum Gasteiger partial charge on any atom is 0.234 e. The molecule has 0 saturated heterocycles. The van der Waals surface area contributed by atoms with Crippen LogP contribution in [-0.4, -0.2) is 26.2 Å². The third-order valence-corrected chi connectivity index (χ3v) is 4.13. The van der Waals surface area contributed by atoms with E-state index in [-0.39, 0.29) is 18.4 Å². The van der Waals surface area contributed by atoms with Crippen molar-refractivity contribution < 1.29 is 9.90 Å². The summed E-state index contributed by atoms with van der Waals surface area (Å²) >= 11 is 0. The molecule has 0 unspecified atom stereocenters. The van der Waals surface area contributed by atoms with Gasteiger partial charge in [-0.3, -0.25) is 9.89 Å². The van der Waals surface area contributed by atoms with Crippen LogP contribution in [0.25, 0.3) is 0 Å². The normalized spacial score (nSPS) is 13.8. The zero-order valence-electron chi connectivity index (χ0n) is 14.0. The van der Waals surface area contributed by atoms with Crippen LogP contribution in [0.1, 0.15) is 56.7 Å². The molecule has 2 aromatic rings. The molecule has 6 heteroatoms. The molecule has 1 amide bonds. The molecule has 1 heterocycles. The fourth-order valence-corrected chi connectivity index (χ4v) is 2.05. The minimum Gasteiger partial charge on any atom is -0.392 e. The van der Waals surface area contributed by atoms with Gasteiger partial charge >= 0.3 is 0 Å². The van der Waals surface area contributed by atoms with E-state index in [0.29, 0.717) is 17.4 Å². The zero-order valence-corrected chi connectivity index (χ0v) is 14.0. The third-order valence-electron chi connectivity index (χ3n) is 4.13. The number of aliphatic hydroxyl groups excluding tert-OH is 1. The molecule has 0 aliphatic heterocycles. The number of benzene rings is 1. The molecule has 0 saturated carbocycles. The van der Waals surface area contributed by atoms with Crippen LogP contribution in [0.3, 0.4) is 0 Å². The molecular weight excluding hydrogens is 292 g/mol. The van der Waals surface area contributed by atoms with Crippen LogP contribution in [0.4, 0.5) is 5.69 Å². The van der Waals surface area contributed by atoms with Gasteiger partial charge in [0, 0.05) is 11.6 Å². The number of nitrogens with one attached hydrogen (secondary N) is 2. The van der Waals surface area contributed by atoms with Gasteiger partial charge in [-0.25, -0.2) is 4.98 Å². The van der Waals surface area contributed by atoms with E-state index >= 15 is 0 Å². The Bertz CT molecular complexity index is 649. The van der Waals surface area contributed by atoms with E-state index in [2.05, 4.69) is 41.3 Å². The lowest BCUT2D eigenvalue weighted by Crippen LogP contribution is -2.20. The van der Waals surface area contributed by atoms with Crippen LogP contribution in [0.2, 0.25) is 0 Å². The summed E-state index contributed by atoms with van der Waals surface area (Å²) in [6, 6.07) is 7.08. The van der Waals surface area contributed by atoms with E-state index < -0.39 is 5.92 Å². The van der Waals surface area contributed by atoms with Crippen molar-refractivity contribution in [1.29, 1.82) is 0 Å². The van der Waals surface area contributed by atoms with Crippen LogP contribution >= 0.6 is 0 Å². The van der Waals surface area contributed by atoms with Gasteiger partial charge in [-0.2, -0.15) is 5.10 Å². The van der Waals surface area contributed by atoms with Crippen molar-refractivity contribution in [1.82, 2.24) is 15.2 Å². The average Bonchev–Trinajstić information content (AvgIpc) is 3.03. The second-order valence-corrected chi connectivity index (χ2v) is 6.18. The Morgan fingerprint density at radius 2 is 1.87 bits per heavy atom. The highest BCUT2D eigenvalue weighted by atomic mass is 16.3. The first-order valence-electron chi connectivity index (χ1n) is 7.85. The number of hydrogen-bond acceptors (Lipinski definition) is 4. The molecule has 6 nitrogen and oxygen atoms in total. The summed E-state index contributed by atoms with van der Waals surface area (Å²) < 4.78 is 0. The Kier molecular flexibility index (Phi) is 5.50. The lowest BCUT2D eigenvalue weighted by Gasteiger charge is -2.11. The summed E-state index contributed by atoms with van der Waals surface area (Å²) in [5.74, 6) is 1.41. The number of rotatable bonds is 6. The zero-order chi connectivity index (χ0) is 17.0. The number of aromatic nitrogens is 3. The fraction of sp³-hybridized carbons (Fsp3) is 0.471. The second kappa shape index (κ2) is 7.37. The maximum absolute atomic E-state index is 12.3. The van der Waals surface area contributed by atoms with Crippen molar-refractivity contribution >= 4 is 11.6 Å². The lowest BCUT2D eigenvalue weighted by molar-refractivity contribution is -0.117. The summed E-state index contributed by atoms with van der Waals surface area (Å²) in [5, 5.41) is 19.0. The summed E-state index contributed by atoms with van der Waals surface area (Å²) in [4.78, 5) is 16.8. The van der Waals surface area contributed by atoms with E-state index in [1.54, 1.807) is 31.2 Å². The first kappa shape index (κ1) is 17.1. The van der Waals surface area contributed by atoms with Gasteiger partial charge in [-0.05, 0) is 30.5 Å². The molecule has 124 valence electrons. The molecule has 23 heavy (non-hydrogen) atoms. The Balaban J connectivity index is 2.04. The van der Waals surface area contributed by atoms with E-state index in [0.717, 1.165) is 11.4 Å². The highest BCUT2D eigenvalue weighted by Gasteiger charge is 2.22. The van der Waals surface area contributed by atoms with E-state index in [1.807, 2.05) is 0 Å². The second-order valence-electron chi connectivity index (χ2n) is 6.18. The van der Waals surface area contributed by atoms with Crippen LogP contribution in [0, 0.1) is 5.92 Å². The largest absolute Gasteiger partial charge is 0.392 e. The van der Waals surface area contributed by atoms with E-state index in [4.69, 9.17) is 5.11 Å². The van der Waals surface area contributed by atoms with Crippen molar-refractivity contribution in [3.8, 4) is 0 Å². The first-order chi connectivity index (χ1) is 10.9. The molecule has 2 atom stereocenters. The number of aliphatic hydroxyl groups is 1. The first-order valence-corrected chi connectivity index (χ1v) is 7.85. The van der Waals surface area contributed by atoms with Gasteiger partial charge in [0.15, 0.2) is 5.82 Å². The van der Waals surface area contributed by atoms with Crippen LogP contribution in [-0.2, 0) is 11.4 Å². The topological polar surface area (TPSA) is 90.9 Å². The molecule has 0 aliphatic carbocycles. The molecule has 0 fully saturated rings. The summed E-state index contributed by atoms with van der Waals surface area (Å²) in [6.45, 7) is 8.09. The highest BCUT2D eigenvalue weighted by Crippen LogP contribution is 2.22. The number of nitrogens with zero attached hydrogens (tertiary/aromatic N) is 2. The molecule has 0 aliphatic rings. The number of hydrogen-bond donors (Lipinski definition) is 3. The van der Waals surface area contributed by atoms with Crippen molar-refractivity contribution in [3.05, 3.63) is 41.5 Å². The number of H-pyrrole nitrogens is 1. The van der Waals surface area contributed by atoms with Gasteiger partial charge in [0.2, 0.25) is 5.91 Å². The quantitative estimate of drug-likeness (QED) is 0.764. The number of amides is 1. The van der Waals surface area contributed by atoms with E-state index in [1.165, 1.54) is 0 Å². The van der Waals surface area contributed by atoms with Crippen molar-refractivity contribution in [3.63, 3.8) is 0 Å². The van der Waals surface area contributed by atoms with Gasteiger partial charge in [0.1, 0.15) is 5.82 Å². The van der Waals surface area contributed by atoms with Gasteiger partial charge in [0.25, 0.3) is 0 Å². The predicted molar refractivity (Wildman–Crippen MR) is 89.0 cm³/mol. The van der Waals surface area contributed by atoms with Crippen molar-refractivity contribution in [2.45, 2.75) is 46.1 Å². The average molecular weight is 316 g/mol. The summed E-state index contributed by atoms with van der Waals surface area (Å²) in [5.41, 5.74) is 1.49.